The van der Waals surface area contributed by atoms with Crippen LogP contribution in [0.1, 0.15) is 96.6 Å². The molecule has 0 N–H and O–H groups in total. The van der Waals surface area contributed by atoms with E-state index in [-0.39, 0.29) is 11.3 Å². The first-order valence-electron chi connectivity index (χ1n) is 12.7. The van der Waals surface area contributed by atoms with E-state index in [4.69, 9.17) is 4.74 Å². The number of thiazole rings is 1. The SMILES string of the molecule is CCCCCCCCOc1ccc(-c2cn3cc(CCCCCCCC)nc3s2)c(F)c1F. The lowest BCUT2D eigenvalue weighted by atomic mass is 10.1. The van der Waals surface area contributed by atoms with Crippen LogP contribution < -0.4 is 4.74 Å². The van der Waals surface area contributed by atoms with Crippen LogP contribution in [0.25, 0.3) is 15.4 Å². The third-order valence-corrected chi connectivity index (χ3v) is 7.09. The fraction of sp³-hybridized carbons (Fsp3) is 0.593. The average molecular weight is 477 g/mol. The lowest BCUT2D eigenvalue weighted by Gasteiger charge is -2.09. The monoisotopic (exact) mass is 476 g/mol. The van der Waals surface area contributed by atoms with Crippen molar-refractivity contribution in [2.24, 2.45) is 0 Å². The highest BCUT2D eigenvalue weighted by Crippen LogP contribution is 2.34. The molecule has 3 nitrogen and oxygen atoms in total. The Kier molecular flexibility index (Phi) is 10.6. The quantitative estimate of drug-likeness (QED) is 0.193. The Morgan fingerprint density at radius 1 is 0.818 bits per heavy atom. The van der Waals surface area contributed by atoms with Gasteiger partial charge in [-0.25, -0.2) is 9.37 Å². The van der Waals surface area contributed by atoms with Gasteiger partial charge in [0.15, 0.2) is 16.5 Å². The molecule has 0 atom stereocenters. The Morgan fingerprint density at radius 2 is 1.48 bits per heavy atom. The Balaban J connectivity index is 1.53. The largest absolute Gasteiger partial charge is 0.490 e. The number of ether oxygens (including phenoxy) is 1. The maximum absolute atomic E-state index is 14.8. The van der Waals surface area contributed by atoms with E-state index in [0.717, 1.165) is 42.8 Å². The standard InChI is InChI=1S/C27H38F2N2OS/c1-3-5-7-9-11-13-15-21-19-31-20-24(33-27(31)30-21)22-16-17-23(26(29)25(22)28)32-18-14-12-10-8-6-4-2/h16-17,19-20H,3-15,18H2,1-2H3. The Hall–Kier alpha value is -1.95. The summed E-state index contributed by atoms with van der Waals surface area (Å²) in [7, 11) is 0. The van der Waals surface area contributed by atoms with E-state index < -0.39 is 11.6 Å². The molecule has 6 heteroatoms. The molecule has 3 rings (SSSR count). The number of hydrogen-bond donors (Lipinski definition) is 0. The Bertz CT molecular complexity index is 951. The molecule has 0 aliphatic carbocycles. The first kappa shape index (κ1) is 25.7. The lowest BCUT2D eigenvalue weighted by molar-refractivity contribution is 0.285. The van der Waals surface area contributed by atoms with Gasteiger partial charge in [-0.3, -0.25) is 4.40 Å². The van der Waals surface area contributed by atoms with E-state index in [2.05, 4.69) is 18.8 Å². The molecule has 0 spiro atoms. The molecule has 182 valence electrons. The number of rotatable bonds is 16. The molecule has 0 amide bonds. The van der Waals surface area contributed by atoms with Crippen LogP contribution in [0, 0.1) is 11.6 Å². The van der Waals surface area contributed by atoms with Gasteiger partial charge in [0.25, 0.3) is 0 Å². The van der Waals surface area contributed by atoms with Crippen molar-refractivity contribution in [3.05, 3.63) is 41.9 Å². The van der Waals surface area contributed by atoms with Gasteiger partial charge >= 0.3 is 0 Å². The second-order valence-electron chi connectivity index (χ2n) is 8.89. The zero-order valence-corrected chi connectivity index (χ0v) is 21.0. The number of benzene rings is 1. The van der Waals surface area contributed by atoms with Gasteiger partial charge in [0.05, 0.1) is 17.2 Å². The molecule has 0 saturated carbocycles. The zero-order chi connectivity index (χ0) is 23.5. The number of fused-ring (bicyclic) bond motifs is 1. The van der Waals surface area contributed by atoms with Crippen molar-refractivity contribution in [1.82, 2.24) is 9.38 Å². The number of nitrogens with zero attached hydrogens (tertiary/aromatic N) is 2. The van der Waals surface area contributed by atoms with Crippen LogP contribution in [-0.2, 0) is 6.42 Å². The first-order chi connectivity index (χ1) is 16.1. The summed E-state index contributed by atoms with van der Waals surface area (Å²) in [5, 5.41) is 0. The zero-order valence-electron chi connectivity index (χ0n) is 20.2. The summed E-state index contributed by atoms with van der Waals surface area (Å²) in [6.45, 7) is 4.83. The highest BCUT2D eigenvalue weighted by Gasteiger charge is 2.18. The number of halogens is 2. The highest BCUT2D eigenvalue weighted by atomic mass is 32.1. The van der Waals surface area contributed by atoms with Crippen LogP contribution in [0.15, 0.2) is 24.5 Å². The number of aromatic nitrogens is 2. The molecule has 3 aromatic rings. The third-order valence-electron chi connectivity index (χ3n) is 6.06. The predicted octanol–water partition coefficient (Wildman–Crippen LogP) is 8.98. The van der Waals surface area contributed by atoms with Gasteiger partial charge in [-0.2, -0.15) is 4.39 Å². The average Bonchev–Trinajstić information content (AvgIpc) is 3.37. The number of hydrogen-bond acceptors (Lipinski definition) is 3. The van der Waals surface area contributed by atoms with Crippen LogP contribution in [0.5, 0.6) is 5.75 Å². The molecular formula is C27H38F2N2OS. The van der Waals surface area contributed by atoms with E-state index in [9.17, 15) is 8.78 Å². The van der Waals surface area contributed by atoms with Crippen molar-refractivity contribution in [2.45, 2.75) is 97.3 Å². The molecular weight excluding hydrogens is 438 g/mol. The maximum atomic E-state index is 14.8. The number of imidazole rings is 1. The first-order valence-corrected chi connectivity index (χ1v) is 13.5. The molecule has 0 bridgehead atoms. The van der Waals surface area contributed by atoms with Crippen molar-refractivity contribution < 1.29 is 13.5 Å². The van der Waals surface area contributed by atoms with E-state index in [1.54, 1.807) is 6.07 Å². The fourth-order valence-electron chi connectivity index (χ4n) is 4.07. The van der Waals surface area contributed by atoms with Crippen molar-refractivity contribution in [1.29, 1.82) is 0 Å². The third kappa shape index (κ3) is 7.53. The molecule has 0 fully saturated rings. The fourth-order valence-corrected chi connectivity index (χ4v) is 5.08. The summed E-state index contributed by atoms with van der Waals surface area (Å²) >= 11 is 1.39. The molecule has 0 unspecified atom stereocenters. The van der Waals surface area contributed by atoms with Crippen LogP contribution >= 0.6 is 11.3 Å². The molecule has 0 aliphatic heterocycles. The van der Waals surface area contributed by atoms with E-state index >= 15 is 0 Å². The van der Waals surface area contributed by atoms with Gasteiger partial charge < -0.3 is 4.74 Å². The van der Waals surface area contributed by atoms with Crippen LogP contribution in [0.4, 0.5) is 8.78 Å². The number of aryl methyl sites for hydroxylation is 1. The second kappa shape index (κ2) is 13.7. The second-order valence-corrected chi connectivity index (χ2v) is 9.90. The topological polar surface area (TPSA) is 26.5 Å². The normalized spacial score (nSPS) is 11.5. The molecule has 2 aromatic heterocycles. The minimum Gasteiger partial charge on any atom is -0.490 e. The van der Waals surface area contributed by atoms with Crippen molar-refractivity contribution in [3.8, 4) is 16.2 Å². The summed E-state index contributed by atoms with van der Waals surface area (Å²) < 4.78 is 36.8. The van der Waals surface area contributed by atoms with Crippen molar-refractivity contribution in [2.75, 3.05) is 6.61 Å². The summed E-state index contributed by atoms with van der Waals surface area (Å²) in [5.74, 6) is -1.77. The summed E-state index contributed by atoms with van der Waals surface area (Å²) in [4.78, 5) is 6.16. The minimum atomic E-state index is -0.909. The molecule has 1 aromatic carbocycles. The van der Waals surface area contributed by atoms with Gasteiger partial charge in [-0.1, -0.05) is 89.4 Å². The number of unbranched alkanes of at least 4 members (excludes halogenated alkanes) is 10. The maximum Gasteiger partial charge on any atom is 0.201 e. The molecule has 0 aliphatic rings. The van der Waals surface area contributed by atoms with Gasteiger partial charge in [-0.15, -0.1) is 0 Å². The van der Waals surface area contributed by atoms with E-state index in [1.165, 1.54) is 68.8 Å². The van der Waals surface area contributed by atoms with Crippen LogP contribution in [-0.4, -0.2) is 16.0 Å². The summed E-state index contributed by atoms with van der Waals surface area (Å²) in [6, 6.07) is 3.15. The van der Waals surface area contributed by atoms with E-state index in [1.807, 2.05) is 16.8 Å². The molecule has 33 heavy (non-hydrogen) atoms. The van der Waals surface area contributed by atoms with E-state index in [0.29, 0.717) is 11.5 Å². The van der Waals surface area contributed by atoms with Crippen molar-refractivity contribution in [3.63, 3.8) is 0 Å². The van der Waals surface area contributed by atoms with Gasteiger partial charge in [0, 0.05) is 18.0 Å². The Labute approximate surface area is 201 Å². The Morgan fingerprint density at radius 3 is 2.18 bits per heavy atom. The summed E-state index contributed by atoms with van der Waals surface area (Å²) in [5.41, 5.74) is 1.32. The van der Waals surface area contributed by atoms with Crippen LogP contribution in [0.3, 0.4) is 0 Å². The van der Waals surface area contributed by atoms with Crippen molar-refractivity contribution >= 4 is 16.3 Å². The minimum absolute atomic E-state index is 0.00707. The molecule has 0 saturated heterocycles. The van der Waals surface area contributed by atoms with Gasteiger partial charge in [0.1, 0.15) is 0 Å². The smallest absolute Gasteiger partial charge is 0.201 e. The predicted molar refractivity (Wildman–Crippen MR) is 134 cm³/mol. The highest BCUT2D eigenvalue weighted by molar-refractivity contribution is 7.20. The summed E-state index contributed by atoms with van der Waals surface area (Å²) in [6.07, 6.45) is 19.1. The van der Waals surface area contributed by atoms with Gasteiger partial charge in [0.2, 0.25) is 5.82 Å². The molecule has 0 radical (unpaired) electrons. The van der Waals surface area contributed by atoms with Crippen LogP contribution in [0.2, 0.25) is 0 Å². The van der Waals surface area contributed by atoms with Gasteiger partial charge in [-0.05, 0) is 31.4 Å². The molecule has 2 heterocycles. The lowest BCUT2D eigenvalue weighted by Crippen LogP contribution is -2.01.